The van der Waals surface area contributed by atoms with Gasteiger partial charge in [0.15, 0.2) is 11.5 Å². The molecule has 0 aromatic heterocycles. The first-order valence-corrected chi connectivity index (χ1v) is 8.20. The van der Waals surface area contributed by atoms with E-state index in [2.05, 4.69) is 21.8 Å². The van der Waals surface area contributed by atoms with E-state index in [0.717, 1.165) is 25.1 Å². The lowest BCUT2D eigenvalue weighted by Crippen LogP contribution is -2.31. The molecule has 0 saturated carbocycles. The van der Waals surface area contributed by atoms with Crippen LogP contribution in [0.15, 0.2) is 48.5 Å². The molecule has 0 unspecified atom stereocenters. The van der Waals surface area contributed by atoms with Crippen molar-refractivity contribution in [3.8, 4) is 11.5 Å². The minimum absolute atomic E-state index is 0. The standard InChI is InChI=1S/C19H24F2N2O2.ClH/c1-24-18-13-16(7-8-17(18)25-19(20)21)14-23(12-10-22)11-9-15-5-3-2-4-6-15;/h2-8,13,19H,9-12,14,22H2,1H3;1H. The molecule has 0 saturated heterocycles. The third-order valence-electron chi connectivity index (χ3n) is 3.86. The number of halogens is 3. The van der Waals surface area contributed by atoms with Gasteiger partial charge in [0, 0.05) is 26.2 Å². The topological polar surface area (TPSA) is 47.7 Å². The second-order valence-electron chi connectivity index (χ2n) is 5.66. The maximum atomic E-state index is 12.4. The first-order chi connectivity index (χ1) is 12.1. The summed E-state index contributed by atoms with van der Waals surface area (Å²) in [7, 11) is 1.44. The van der Waals surface area contributed by atoms with E-state index in [1.54, 1.807) is 12.1 Å². The highest BCUT2D eigenvalue weighted by Gasteiger charge is 2.13. The lowest BCUT2D eigenvalue weighted by Gasteiger charge is -2.22. The van der Waals surface area contributed by atoms with Crippen molar-refractivity contribution in [1.29, 1.82) is 0 Å². The predicted octanol–water partition coefficient (Wildman–Crippen LogP) is 3.72. The number of rotatable bonds is 10. The van der Waals surface area contributed by atoms with Crippen molar-refractivity contribution in [2.75, 3.05) is 26.7 Å². The van der Waals surface area contributed by atoms with Gasteiger partial charge in [0.05, 0.1) is 7.11 Å². The van der Waals surface area contributed by atoms with Crippen molar-refractivity contribution in [3.63, 3.8) is 0 Å². The van der Waals surface area contributed by atoms with Gasteiger partial charge >= 0.3 is 6.61 Å². The number of nitrogens with two attached hydrogens (primary N) is 1. The second-order valence-corrected chi connectivity index (χ2v) is 5.66. The number of hydrogen-bond acceptors (Lipinski definition) is 4. The molecule has 0 radical (unpaired) electrons. The zero-order valence-corrected chi connectivity index (χ0v) is 15.6. The van der Waals surface area contributed by atoms with Gasteiger partial charge in [-0.2, -0.15) is 8.78 Å². The van der Waals surface area contributed by atoms with Crippen molar-refractivity contribution in [3.05, 3.63) is 59.7 Å². The summed E-state index contributed by atoms with van der Waals surface area (Å²) in [5.74, 6) is 0.337. The molecule has 0 spiro atoms. The molecule has 0 atom stereocenters. The molecule has 0 amide bonds. The molecule has 0 fully saturated rings. The Bertz CT molecular complexity index is 645. The first kappa shape index (κ1) is 22.2. The van der Waals surface area contributed by atoms with Crippen LogP contribution >= 0.6 is 12.4 Å². The number of hydrogen-bond donors (Lipinski definition) is 1. The van der Waals surface area contributed by atoms with Crippen molar-refractivity contribution in [1.82, 2.24) is 4.90 Å². The third-order valence-corrected chi connectivity index (χ3v) is 3.86. The average Bonchev–Trinajstić information content (AvgIpc) is 2.61. The van der Waals surface area contributed by atoms with E-state index in [4.69, 9.17) is 10.5 Å². The van der Waals surface area contributed by atoms with Crippen LogP contribution in [0, 0.1) is 0 Å². The smallest absolute Gasteiger partial charge is 0.387 e. The molecule has 144 valence electrons. The predicted molar refractivity (Wildman–Crippen MR) is 101 cm³/mol. The minimum Gasteiger partial charge on any atom is -0.493 e. The molecule has 2 aromatic rings. The van der Waals surface area contributed by atoms with Crippen LogP contribution in [0.3, 0.4) is 0 Å². The van der Waals surface area contributed by atoms with E-state index in [9.17, 15) is 8.78 Å². The van der Waals surface area contributed by atoms with Crippen LogP contribution in [0.2, 0.25) is 0 Å². The Kier molecular flexibility index (Phi) is 9.95. The fourth-order valence-electron chi connectivity index (χ4n) is 2.65. The van der Waals surface area contributed by atoms with Crippen LogP contribution in [-0.2, 0) is 13.0 Å². The Labute approximate surface area is 159 Å². The summed E-state index contributed by atoms with van der Waals surface area (Å²) < 4.78 is 34.4. The van der Waals surface area contributed by atoms with Crippen molar-refractivity contribution < 1.29 is 18.3 Å². The maximum Gasteiger partial charge on any atom is 0.387 e. The zero-order valence-electron chi connectivity index (χ0n) is 14.7. The van der Waals surface area contributed by atoms with Gasteiger partial charge in [0.1, 0.15) is 0 Å². The highest BCUT2D eigenvalue weighted by Crippen LogP contribution is 2.29. The van der Waals surface area contributed by atoms with Gasteiger partial charge < -0.3 is 15.2 Å². The molecule has 26 heavy (non-hydrogen) atoms. The van der Waals surface area contributed by atoms with Crippen LogP contribution in [-0.4, -0.2) is 38.3 Å². The molecule has 0 aliphatic rings. The largest absolute Gasteiger partial charge is 0.493 e. The van der Waals surface area contributed by atoms with Gasteiger partial charge in [0.25, 0.3) is 0 Å². The molecule has 2 aromatic carbocycles. The van der Waals surface area contributed by atoms with Gasteiger partial charge in [-0.15, -0.1) is 12.4 Å². The summed E-state index contributed by atoms with van der Waals surface area (Å²) >= 11 is 0. The monoisotopic (exact) mass is 386 g/mol. The van der Waals surface area contributed by atoms with E-state index < -0.39 is 6.61 Å². The number of nitrogens with zero attached hydrogens (tertiary/aromatic N) is 1. The second kappa shape index (κ2) is 11.7. The fourth-order valence-corrected chi connectivity index (χ4v) is 2.65. The van der Waals surface area contributed by atoms with E-state index in [0.29, 0.717) is 18.8 Å². The quantitative estimate of drug-likeness (QED) is 0.676. The molecule has 4 nitrogen and oxygen atoms in total. The average molecular weight is 387 g/mol. The lowest BCUT2D eigenvalue weighted by atomic mass is 10.1. The van der Waals surface area contributed by atoms with Crippen molar-refractivity contribution in [2.24, 2.45) is 5.73 Å². The van der Waals surface area contributed by atoms with Crippen LogP contribution in [0.1, 0.15) is 11.1 Å². The highest BCUT2D eigenvalue weighted by molar-refractivity contribution is 5.85. The summed E-state index contributed by atoms with van der Waals surface area (Å²) in [6.07, 6.45) is 0.921. The van der Waals surface area contributed by atoms with E-state index in [1.165, 1.54) is 18.7 Å². The molecule has 0 bridgehead atoms. The van der Waals surface area contributed by atoms with Crippen molar-refractivity contribution in [2.45, 2.75) is 19.6 Å². The SMILES string of the molecule is COc1cc(CN(CCN)CCc2ccccc2)ccc1OC(F)F.Cl. The maximum absolute atomic E-state index is 12.4. The van der Waals surface area contributed by atoms with Crippen LogP contribution in [0.5, 0.6) is 11.5 Å². The van der Waals surface area contributed by atoms with Crippen molar-refractivity contribution >= 4 is 12.4 Å². The van der Waals surface area contributed by atoms with E-state index >= 15 is 0 Å². The molecule has 2 N–H and O–H groups in total. The molecular formula is C19H25ClF2N2O2. The lowest BCUT2D eigenvalue weighted by molar-refractivity contribution is -0.0512. The van der Waals surface area contributed by atoms with E-state index in [1.807, 2.05) is 18.2 Å². The molecular weight excluding hydrogens is 362 g/mol. The summed E-state index contributed by atoms with van der Waals surface area (Å²) in [5.41, 5.74) is 7.94. The van der Waals surface area contributed by atoms with Gasteiger partial charge in [-0.1, -0.05) is 36.4 Å². The van der Waals surface area contributed by atoms with Crippen LogP contribution < -0.4 is 15.2 Å². The molecule has 0 aliphatic heterocycles. The Balaban J connectivity index is 0.00000338. The Hall–Kier alpha value is -1.89. The Morgan fingerprint density at radius 1 is 1.00 bits per heavy atom. The molecule has 7 heteroatoms. The summed E-state index contributed by atoms with van der Waals surface area (Å²) in [6, 6.07) is 15.2. The van der Waals surface area contributed by atoms with Crippen LogP contribution in [0.25, 0.3) is 0 Å². The molecule has 2 rings (SSSR count). The van der Waals surface area contributed by atoms with Gasteiger partial charge in [0.2, 0.25) is 0 Å². The summed E-state index contributed by atoms with van der Waals surface area (Å²) in [4.78, 5) is 2.23. The Morgan fingerprint density at radius 2 is 1.73 bits per heavy atom. The normalized spacial score (nSPS) is 10.7. The molecule has 0 aliphatic carbocycles. The number of benzene rings is 2. The van der Waals surface area contributed by atoms with E-state index in [-0.39, 0.29) is 18.2 Å². The van der Waals surface area contributed by atoms with Gasteiger partial charge in [-0.05, 0) is 29.7 Å². The Morgan fingerprint density at radius 3 is 2.35 bits per heavy atom. The minimum atomic E-state index is -2.88. The highest BCUT2D eigenvalue weighted by atomic mass is 35.5. The zero-order chi connectivity index (χ0) is 18.1. The van der Waals surface area contributed by atoms with Gasteiger partial charge in [-0.25, -0.2) is 0 Å². The first-order valence-electron chi connectivity index (χ1n) is 8.20. The summed E-state index contributed by atoms with van der Waals surface area (Å²) in [5, 5.41) is 0. The number of alkyl halides is 2. The third kappa shape index (κ3) is 7.15. The summed E-state index contributed by atoms with van der Waals surface area (Å²) in [6.45, 7) is -0.0451. The van der Waals surface area contributed by atoms with Gasteiger partial charge in [-0.3, -0.25) is 4.90 Å². The molecule has 0 heterocycles. The number of ether oxygens (including phenoxy) is 2. The number of methoxy groups -OCH3 is 1. The fraction of sp³-hybridized carbons (Fsp3) is 0.368. The van der Waals surface area contributed by atoms with Crippen LogP contribution in [0.4, 0.5) is 8.78 Å².